The quantitative estimate of drug-likeness (QED) is 0.770. The van der Waals surface area contributed by atoms with Gasteiger partial charge in [-0.3, -0.25) is 0 Å². The molecule has 5 heteroatoms. The second-order valence-electron chi connectivity index (χ2n) is 3.07. The van der Waals surface area contributed by atoms with Crippen LogP contribution in [0.2, 0.25) is 0 Å². The van der Waals surface area contributed by atoms with Crippen LogP contribution >= 0.6 is 0 Å². The van der Waals surface area contributed by atoms with Crippen LogP contribution in [0.15, 0.2) is 18.2 Å². The van der Waals surface area contributed by atoms with E-state index in [1.165, 1.54) is 12.1 Å². The number of hydrogen-bond acceptors (Lipinski definition) is 3. The topological polar surface area (TPSA) is 41.5 Å². The lowest BCUT2D eigenvalue weighted by Crippen LogP contribution is -2.29. The van der Waals surface area contributed by atoms with Crippen LogP contribution in [0.25, 0.3) is 0 Å². The Morgan fingerprint density at radius 3 is 2.87 bits per heavy atom. The van der Waals surface area contributed by atoms with Gasteiger partial charge < -0.3 is 15.2 Å². The Labute approximate surface area is 86.7 Å². The van der Waals surface area contributed by atoms with Crippen molar-refractivity contribution in [2.24, 2.45) is 0 Å². The second kappa shape index (κ2) is 5.63. The standard InChI is InChI=1S/C10H13F2NO2/c1-13-5-7(14)6-15-9-4-2-3-8(11)10(9)12/h2-4,7,13-14H,5-6H2,1H3. The molecule has 0 radical (unpaired) electrons. The van der Waals surface area contributed by atoms with Gasteiger partial charge in [-0.05, 0) is 19.2 Å². The van der Waals surface area contributed by atoms with Crippen LogP contribution in [-0.4, -0.2) is 31.4 Å². The molecule has 2 N–H and O–H groups in total. The van der Waals surface area contributed by atoms with E-state index in [0.29, 0.717) is 6.54 Å². The third-order valence-electron chi connectivity index (χ3n) is 1.79. The summed E-state index contributed by atoms with van der Waals surface area (Å²) in [6, 6.07) is 3.66. The minimum atomic E-state index is -1.03. The fourth-order valence-electron chi connectivity index (χ4n) is 1.08. The van der Waals surface area contributed by atoms with Crippen molar-refractivity contribution in [2.45, 2.75) is 6.10 Å². The lowest BCUT2D eigenvalue weighted by Gasteiger charge is -2.12. The molecular weight excluding hydrogens is 204 g/mol. The van der Waals surface area contributed by atoms with Gasteiger partial charge in [-0.1, -0.05) is 6.07 Å². The maximum Gasteiger partial charge on any atom is 0.200 e. The Kier molecular flexibility index (Phi) is 4.45. The monoisotopic (exact) mass is 217 g/mol. The van der Waals surface area contributed by atoms with Gasteiger partial charge in [-0.25, -0.2) is 4.39 Å². The molecule has 1 atom stereocenters. The van der Waals surface area contributed by atoms with Crippen molar-refractivity contribution in [3.63, 3.8) is 0 Å². The Balaban J connectivity index is 2.54. The van der Waals surface area contributed by atoms with E-state index in [0.717, 1.165) is 6.07 Å². The molecule has 0 aliphatic heterocycles. The fraction of sp³-hybridized carbons (Fsp3) is 0.400. The van der Waals surface area contributed by atoms with Crippen LogP contribution in [0.3, 0.4) is 0 Å². The van der Waals surface area contributed by atoms with Crippen LogP contribution in [0, 0.1) is 11.6 Å². The Bertz CT molecular complexity index is 320. The SMILES string of the molecule is CNCC(O)COc1cccc(F)c1F. The highest BCUT2D eigenvalue weighted by molar-refractivity contribution is 5.24. The minimum absolute atomic E-state index is 0.0821. The highest BCUT2D eigenvalue weighted by atomic mass is 19.2. The highest BCUT2D eigenvalue weighted by Gasteiger charge is 2.10. The van der Waals surface area contributed by atoms with Gasteiger partial charge in [0.2, 0.25) is 5.82 Å². The van der Waals surface area contributed by atoms with Crippen molar-refractivity contribution in [1.29, 1.82) is 0 Å². The van der Waals surface area contributed by atoms with Crippen molar-refractivity contribution in [3.05, 3.63) is 29.8 Å². The van der Waals surface area contributed by atoms with Crippen LogP contribution in [0.4, 0.5) is 8.78 Å². The average molecular weight is 217 g/mol. The predicted molar refractivity (Wildman–Crippen MR) is 51.8 cm³/mol. The number of ether oxygens (including phenoxy) is 1. The number of halogens is 2. The largest absolute Gasteiger partial charge is 0.488 e. The molecule has 0 aliphatic rings. The molecule has 84 valence electrons. The number of likely N-dealkylation sites (N-methyl/N-ethyl adjacent to an activating group) is 1. The Morgan fingerprint density at radius 1 is 1.47 bits per heavy atom. The number of aliphatic hydroxyl groups excluding tert-OH is 1. The summed E-state index contributed by atoms with van der Waals surface area (Å²) in [7, 11) is 1.67. The van der Waals surface area contributed by atoms with E-state index in [1.54, 1.807) is 7.05 Å². The van der Waals surface area contributed by atoms with E-state index in [-0.39, 0.29) is 12.4 Å². The molecule has 0 aromatic heterocycles. The van der Waals surface area contributed by atoms with Crippen molar-refractivity contribution >= 4 is 0 Å². The van der Waals surface area contributed by atoms with Crippen LogP contribution in [-0.2, 0) is 0 Å². The molecule has 0 saturated heterocycles. The van der Waals surface area contributed by atoms with Crippen LogP contribution < -0.4 is 10.1 Å². The van der Waals surface area contributed by atoms with E-state index in [4.69, 9.17) is 4.74 Å². The molecule has 3 nitrogen and oxygen atoms in total. The molecule has 0 saturated carbocycles. The Morgan fingerprint density at radius 2 is 2.20 bits per heavy atom. The molecule has 0 amide bonds. The van der Waals surface area contributed by atoms with Crippen molar-refractivity contribution in [1.82, 2.24) is 5.32 Å². The van der Waals surface area contributed by atoms with Gasteiger partial charge in [-0.15, -0.1) is 0 Å². The molecule has 15 heavy (non-hydrogen) atoms. The Hall–Kier alpha value is -1.20. The van der Waals surface area contributed by atoms with E-state index >= 15 is 0 Å². The summed E-state index contributed by atoms with van der Waals surface area (Å²) in [6.45, 7) is 0.248. The number of hydrogen-bond donors (Lipinski definition) is 2. The first kappa shape index (κ1) is 11.9. The molecule has 1 aromatic carbocycles. The van der Waals surface area contributed by atoms with Gasteiger partial charge in [0, 0.05) is 6.54 Å². The summed E-state index contributed by atoms with van der Waals surface area (Å²) in [4.78, 5) is 0. The zero-order valence-electron chi connectivity index (χ0n) is 8.34. The normalized spacial score (nSPS) is 12.5. The maximum absolute atomic E-state index is 13.0. The summed E-state index contributed by atoms with van der Waals surface area (Å²) in [5.74, 6) is -2.19. The minimum Gasteiger partial charge on any atom is -0.488 e. The summed E-state index contributed by atoms with van der Waals surface area (Å²) in [6.07, 6.45) is -0.752. The molecule has 1 unspecified atom stereocenters. The number of benzene rings is 1. The van der Waals surface area contributed by atoms with Gasteiger partial charge in [-0.2, -0.15) is 4.39 Å². The molecular formula is C10H13F2NO2. The molecule has 1 aromatic rings. The van der Waals surface area contributed by atoms with Crippen LogP contribution in [0.1, 0.15) is 0 Å². The predicted octanol–water partition coefficient (Wildman–Crippen LogP) is 0.924. The fourth-order valence-corrected chi connectivity index (χ4v) is 1.08. The first-order valence-electron chi connectivity index (χ1n) is 4.54. The summed E-state index contributed by atoms with van der Waals surface area (Å²) in [5, 5.41) is 12.0. The van der Waals surface area contributed by atoms with E-state index in [9.17, 15) is 13.9 Å². The summed E-state index contributed by atoms with van der Waals surface area (Å²) >= 11 is 0. The van der Waals surface area contributed by atoms with Crippen molar-refractivity contribution in [2.75, 3.05) is 20.2 Å². The van der Waals surface area contributed by atoms with Gasteiger partial charge in [0.25, 0.3) is 0 Å². The molecule has 0 spiro atoms. The summed E-state index contributed by atoms with van der Waals surface area (Å²) < 4.78 is 30.7. The van der Waals surface area contributed by atoms with Crippen molar-refractivity contribution < 1.29 is 18.6 Å². The zero-order valence-corrected chi connectivity index (χ0v) is 8.34. The lowest BCUT2D eigenvalue weighted by molar-refractivity contribution is 0.105. The smallest absolute Gasteiger partial charge is 0.200 e. The second-order valence-corrected chi connectivity index (χ2v) is 3.07. The highest BCUT2D eigenvalue weighted by Crippen LogP contribution is 2.18. The van der Waals surface area contributed by atoms with E-state index in [2.05, 4.69) is 5.32 Å². The molecule has 0 heterocycles. The van der Waals surface area contributed by atoms with Gasteiger partial charge in [0.1, 0.15) is 12.7 Å². The van der Waals surface area contributed by atoms with E-state index in [1.807, 2.05) is 0 Å². The number of rotatable bonds is 5. The third-order valence-corrected chi connectivity index (χ3v) is 1.79. The lowest BCUT2D eigenvalue weighted by atomic mass is 10.3. The number of nitrogens with one attached hydrogen (secondary N) is 1. The number of aliphatic hydroxyl groups is 1. The molecule has 1 rings (SSSR count). The van der Waals surface area contributed by atoms with Gasteiger partial charge in [0.05, 0.1) is 0 Å². The summed E-state index contributed by atoms with van der Waals surface area (Å²) in [5.41, 5.74) is 0. The van der Waals surface area contributed by atoms with E-state index < -0.39 is 17.7 Å². The maximum atomic E-state index is 13.0. The zero-order chi connectivity index (χ0) is 11.3. The molecule has 0 aliphatic carbocycles. The van der Waals surface area contributed by atoms with Crippen LogP contribution in [0.5, 0.6) is 5.75 Å². The third kappa shape index (κ3) is 3.45. The van der Waals surface area contributed by atoms with Crippen molar-refractivity contribution in [3.8, 4) is 5.75 Å². The first-order chi connectivity index (χ1) is 7.15. The van der Waals surface area contributed by atoms with Gasteiger partial charge >= 0.3 is 0 Å². The molecule has 0 fully saturated rings. The average Bonchev–Trinajstić information content (AvgIpc) is 2.21. The van der Waals surface area contributed by atoms with Gasteiger partial charge in [0.15, 0.2) is 11.6 Å². The molecule has 0 bridgehead atoms. The first-order valence-corrected chi connectivity index (χ1v) is 4.54.